The lowest BCUT2D eigenvalue weighted by atomic mass is 10.2. The molecule has 0 bridgehead atoms. The number of benzene rings is 1. The van der Waals surface area contributed by atoms with Crippen molar-refractivity contribution in [3.05, 3.63) is 40.9 Å². The Morgan fingerprint density at radius 2 is 2.11 bits per heavy atom. The average Bonchev–Trinajstić information content (AvgIpc) is 2.88. The van der Waals surface area contributed by atoms with E-state index >= 15 is 0 Å². The van der Waals surface area contributed by atoms with Crippen molar-refractivity contribution in [1.82, 2.24) is 4.98 Å². The van der Waals surface area contributed by atoms with Crippen molar-refractivity contribution in [3.8, 4) is 11.8 Å². The molecule has 0 N–H and O–H groups in total. The molecule has 1 heterocycles. The molecule has 0 aliphatic rings. The van der Waals surface area contributed by atoms with E-state index in [9.17, 15) is 0 Å². The lowest BCUT2D eigenvalue weighted by Gasteiger charge is -2.15. The maximum atomic E-state index is 8.77. The normalized spacial score (nSPS) is 9.83. The summed E-state index contributed by atoms with van der Waals surface area (Å²) in [6.45, 7) is 0.752. The second-order valence-corrected chi connectivity index (χ2v) is 4.83. The number of ether oxygens (including phenoxy) is 1. The van der Waals surface area contributed by atoms with Crippen LogP contribution in [0.15, 0.2) is 30.5 Å². The van der Waals surface area contributed by atoms with Gasteiger partial charge in [-0.25, -0.2) is 4.98 Å². The van der Waals surface area contributed by atoms with E-state index in [0.29, 0.717) is 4.88 Å². The fourth-order valence-corrected chi connectivity index (χ4v) is 2.24. The minimum atomic E-state index is 0.631. The van der Waals surface area contributed by atoms with Crippen LogP contribution >= 0.6 is 11.3 Å². The van der Waals surface area contributed by atoms with Gasteiger partial charge >= 0.3 is 0 Å². The Morgan fingerprint density at radius 1 is 1.39 bits per heavy atom. The summed E-state index contributed by atoms with van der Waals surface area (Å²) in [5.74, 6) is 0.849. The maximum Gasteiger partial charge on any atom is 0.186 e. The Kier molecular flexibility index (Phi) is 3.80. The van der Waals surface area contributed by atoms with Gasteiger partial charge in [-0.15, -0.1) is 0 Å². The first kappa shape index (κ1) is 12.4. The van der Waals surface area contributed by atoms with Gasteiger partial charge < -0.3 is 9.64 Å². The van der Waals surface area contributed by atoms with Gasteiger partial charge in [0.25, 0.3) is 0 Å². The summed E-state index contributed by atoms with van der Waals surface area (Å²) in [5.41, 5.74) is 1.17. The summed E-state index contributed by atoms with van der Waals surface area (Å²) in [6, 6.07) is 10.0. The Balaban J connectivity index is 2.06. The third-order valence-corrected chi connectivity index (χ3v) is 3.53. The number of aromatic nitrogens is 1. The molecule has 0 spiro atoms. The molecule has 5 heteroatoms. The molecule has 0 unspecified atom stereocenters. The second kappa shape index (κ2) is 5.52. The van der Waals surface area contributed by atoms with E-state index in [-0.39, 0.29) is 0 Å². The zero-order valence-electron chi connectivity index (χ0n) is 10.3. The van der Waals surface area contributed by atoms with Crippen molar-refractivity contribution in [2.75, 3.05) is 19.1 Å². The van der Waals surface area contributed by atoms with Crippen LogP contribution in [-0.4, -0.2) is 19.1 Å². The molecule has 92 valence electrons. The number of hydrogen-bond acceptors (Lipinski definition) is 5. The van der Waals surface area contributed by atoms with Gasteiger partial charge in [0.2, 0.25) is 0 Å². The SMILES string of the molecule is COc1ccc(CN(C)c2ncc(C#N)s2)cc1. The van der Waals surface area contributed by atoms with E-state index in [1.54, 1.807) is 13.3 Å². The van der Waals surface area contributed by atoms with Gasteiger partial charge in [-0.05, 0) is 17.7 Å². The third-order valence-electron chi connectivity index (χ3n) is 2.51. The molecule has 0 aliphatic carbocycles. The zero-order valence-corrected chi connectivity index (χ0v) is 11.1. The van der Waals surface area contributed by atoms with Gasteiger partial charge in [0.1, 0.15) is 16.7 Å². The van der Waals surface area contributed by atoms with Crippen LogP contribution in [0.2, 0.25) is 0 Å². The molecule has 2 rings (SSSR count). The quantitative estimate of drug-likeness (QED) is 0.847. The molecule has 0 saturated heterocycles. The Bertz CT molecular complexity index is 556. The van der Waals surface area contributed by atoms with Crippen LogP contribution in [0.5, 0.6) is 5.75 Å². The molecule has 4 nitrogen and oxygen atoms in total. The lowest BCUT2D eigenvalue weighted by molar-refractivity contribution is 0.414. The summed E-state index contributed by atoms with van der Waals surface area (Å²) in [4.78, 5) is 6.87. The molecule has 1 aromatic carbocycles. The number of anilines is 1. The molecule has 0 saturated carbocycles. The largest absolute Gasteiger partial charge is 0.497 e. The van der Waals surface area contributed by atoms with Crippen molar-refractivity contribution in [2.45, 2.75) is 6.54 Å². The fourth-order valence-electron chi connectivity index (χ4n) is 1.57. The molecular formula is C13H13N3OS. The summed E-state index contributed by atoms with van der Waals surface area (Å²) >= 11 is 1.40. The van der Waals surface area contributed by atoms with Crippen LogP contribution in [0, 0.1) is 11.3 Å². The highest BCUT2D eigenvalue weighted by Gasteiger charge is 2.07. The third kappa shape index (κ3) is 2.79. The molecule has 0 radical (unpaired) electrons. The Morgan fingerprint density at radius 3 is 2.67 bits per heavy atom. The van der Waals surface area contributed by atoms with E-state index in [1.807, 2.05) is 36.2 Å². The first-order valence-electron chi connectivity index (χ1n) is 5.43. The first-order valence-corrected chi connectivity index (χ1v) is 6.24. The zero-order chi connectivity index (χ0) is 13.0. The van der Waals surface area contributed by atoms with Crippen molar-refractivity contribution < 1.29 is 4.74 Å². The summed E-state index contributed by atoms with van der Waals surface area (Å²) < 4.78 is 5.12. The van der Waals surface area contributed by atoms with Gasteiger partial charge in [0, 0.05) is 13.6 Å². The highest BCUT2D eigenvalue weighted by Crippen LogP contribution is 2.22. The highest BCUT2D eigenvalue weighted by molar-refractivity contribution is 7.16. The van der Waals surface area contributed by atoms with Crippen LogP contribution in [0.3, 0.4) is 0 Å². The molecule has 0 amide bonds. The summed E-state index contributed by atoms with van der Waals surface area (Å²) in [5, 5.41) is 9.62. The number of nitrogens with zero attached hydrogens (tertiary/aromatic N) is 3. The lowest BCUT2D eigenvalue weighted by Crippen LogP contribution is -2.15. The van der Waals surface area contributed by atoms with E-state index < -0.39 is 0 Å². The van der Waals surface area contributed by atoms with E-state index in [4.69, 9.17) is 10.00 Å². The molecule has 2 aromatic rings. The number of nitriles is 1. The monoisotopic (exact) mass is 259 g/mol. The van der Waals surface area contributed by atoms with Crippen LogP contribution in [0.25, 0.3) is 0 Å². The van der Waals surface area contributed by atoms with Crippen LogP contribution in [-0.2, 0) is 6.54 Å². The Labute approximate surface area is 110 Å². The molecule has 0 atom stereocenters. The second-order valence-electron chi connectivity index (χ2n) is 3.82. The highest BCUT2D eigenvalue weighted by atomic mass is 32.1. The van der Waals surface area contributed by atoms with Crippen molar-refractivity contribution in [2.24, 2.45) is 0 Å². The molecule has 1 aromatic heterocycles. The predicted octanol–water partition coefficient (Wildman–Crippen LogP) is 2.66. The smallest absolute Gasteiger partial charge is 0.186 e. The summed E-state index contributed by atoms with van der Waals surface area (Å²) in [6.07, 6.45) is 1.60. The predicted molar refractivity (Wildman–Crippen MR) is 71.9 cm³/mol. The molecule has 0 fully saturated rings. The number of thiazole rings is 1. The number of hydrogen-bond donors (Lipinski definition) is 0. The minimum Gasteiger partial charge on any atom is -0.497 e. The van der Waals surface area contributed by atoms with Gasteiger partial charge in [0.15, 0.2) is 5.13 Å². The van der Waals surface area contributed by atoms with E-state index in [1.165, 1.54) is 16.9 Å². The molecule has 0 aliphatic heterocycles. The molecular weight excluding hydrogens is 246 g/mol. The minimum absolute atomic E-state index is 0.631. The summed E-state index contributed by atoms with van der Waals surface area (Å²) in [7, 11) is 3.62. The van der Waals surface area contributed by atoms with E-state index in [2.05, 4.69) is 11.1 Å². The van der Waals surface area contributed by atoms with Gasteiger partial charge in [-0.3, -0.25) is 0 Å². The average molecular weight is 259 g/mol. The topological polar surface area (TPSA) is 49.1 Å². The number of rotatable bonds is 4. The van der Waals surface area contributed by atoms with Gasteiger partial charge in [-0.2, -0.15) is 5.26 Å². The van der Waals surface area contributed by atoms with Crippen molar-refractivity contribution in [3.63, 3.8) is 0 Å². The Hall–Kier alpha value is -2.06. The standard InChI is InChI=1S/C13H13N3OS/c1-16(13-15-8-12(7-14)18-13)9-10-3-5-11(17-2)6-4-10/h3-6,8H,9H2,1-2H3. The van der Waals surface area contributed by atoms with Crippen molar-refractivity contribution in [1.29, 1.82) is 5.26 Å². The first-order chi connectivity index (χ1) is 8.72. The fraction of sp³-hybridized carbons (Fsp3) is 0.231. The van der Waals surface area contributed by atoms with Crippen LogP contribution < -0.4 is 9.64 Å². The van der Waals surface area contributed by atoms with E-state index in [0.717, 1.165) is 17.4 Å². The van der Waals surface area contributed by atoms with Gasteiger partial charge in [-0.1, -0.05) is 23.5 Å². The van der Waals surface area contributed by atoms with Gasteiger partial charge in [0.05, 0.1) is 13.3 Å². The van der Waals surface area contributed by atoms with Crippen LogP contribution in [0.1, 0.15) is 10.4 Å². The molecule has 18 heavy (non-hydrogen) atoms. The van der Waals surface area contributed by atoms with Crippen LogP contribution in [0.4, 0.5) is 5.13 Å². The maximum absolute atomic E-state index is 8.77. The number of methoxy groups -OCH3 is 1. The van der Waals surface area contributed by atoms with Crippen molar-refractivity contribution >= 4 is 16.5 Å².